The van der Waals surface area contributed by atoms with E-state index in [0.717, 1.165) is 16.8 Å². The number of sulfonamides is 1. The largest absolute Gasteiger partial charge is 0.340 e. The van der Waals surface area contributed by atoms with E-state index in [9.17, 15) is 8.42 Å². The fourth-order valence-electron chi connectivity index (χ4n) is 2.97. The summed E-state index contributed by atoms with van der Waals surface area (Å²) in [5, 5.41) is 3.90. The second-order valence-corrected chi connectivity index (χ2v) is 8.41. The van der Waals surface area contributed by atoms with Crippen LogP contribution in [0.2, 0.25) is 0 Å². The summed E-state index contributed by atoms with van der Waals surface area (Å²) in [6, 6.07) is 19.2. The van der Waals surface area contributed by atoms with Crippen molar-refractivity contribution >= 4 is 38.1 Å². The van der Waals surface area contributed by atoms with Crippen LogP contribution < -0.4 is 10.0 Å². The van der Waals surface area contributed by atoms with Gasteiger partial charge in [-0.2, -0.15) is 0 Å². The molecule has 2 N–H and O–H groups in total. The Morgan fingerprint density at radius 1 is 0.933 bits per heavy atom. The number of aryl methyl sites for hydroxylation is 1. The Kier molecular flexibility index (Phi) is 5.09. The fraction of sp³-hybridized carbons (Fsp3) is 0.0435. The lowest BCUT2D eigenvalue weighted by molar-refractivity contribution is 0.601. The van der Waals surface area contributed by atoms with Crippen molar-refractivity contribution in [2.75, 3.05) is 10.0 Å². The van der Waals surface area contributed by atoms with Crippen molar-refractivity contribution in [2.45, 2.75) is 11.8 Å². The molecule has 1 heterocycles. The van der Waals surface area contributed by atoms with Crippen LogP contribution >= 0.6 is 0 Å². The molecule has 4 rings (SSSR count). The first-order valence-corrected chi connectivity index (χ1v) is 10.6. The minimum absolute atomic E-state index is 0.196. The minimum atomic E-state index is -3.71. The minimum Gasteiger partial charge on any atom is -0.340 e. The van der Waals surface area contributed by atoms with Gasteiger partial charge >= 0.3 is 0 Å². The van der Waals surface area contributed by atoms with Gasteiger partial charge in [-0.3, -0.25) is 4.72 Å². The molecular formula is C23H18N4O2S. The summed E-state index contributed by atoms with van der Waals surface area (Å²) < 4.78 is 28.1. The van der Waals surface area contributed by atoms with E-state index in [0.29, 0.717) is 22.4 Å². The maximum absolute atomic E-state index is 12.7. The molecule has 0 amide bonds. The lowest BCUT2D eigenvalue weighted by atomic mass is 10.2. The molecule has 0 fully saturated rings. The number of aromatic nitrogens is 2. The fourth-order valence-corrected chi connectivity index (χ4v) is 4.02. The molecule has 7 heteroatoms. The van der Waals surface area contributed by atoms with Crippen LogP contribution in [0.4, 0.5) is 17.2 Å². The average molecular weight is 414 g/mol. The normalized spacial score (nSPS) is 11.1. The number of hydrogen-bond acceptors (Lipinski definition) is 5. The van der Waals surface area contributed by atoms with Crippen LogP contribution in [-0.4, -0.2) is 18.4 Å². The Morgan fingerprint density at radius 3 is 2.50 bits per heavy atom. The maximum Gasteiger partial charge on any atom is 0.261 e. The predicted octanol–water partition coefficient (Wildman–Crippen LogP) is 4.46. The summed E-state index contributed by atoms with van der Waals surface area (Å²) in [6.07, 6.45) is 6.92. The third kappa shape index (κ3) is 4.09. The molecule has 3 aromatic carbocycles. The van der Waals surface area contributed by atoms with E-state index in [1.807, 2.05) is 31.2 Å². The molecule has 0 aliphatic heterocycles. The van der Waals surface area contributed by atoms with Gasteiger partial charge in [0.15, 0.2) is 0 Å². The number of nitrogens with zero attached hydrogens (tertiary/aromatic N) is 2. The summed E-state index contributed by atoms with van der Waals surface area (Å²) in [7, 11) is -3.71. The number of fused-ring (bicyclic) bond motifs is 1. The number of nitrogens with one attached hydrogen (secondary N) is 2. The van der Waals surface area contributed by atoms with Crippen LogP contribution in [0.3, 0.4) is 0 Å². The third-order valence-electron chi connectivity index (χ3n) is 4.51. The van der Waals surface area contributed by atoms with Gasteiger partial charge in [0.05, 0.1) is 10.4 Å². The SMILES string of the molecule is C#Cc1cccc(Nc2ncnc3ccc(NS(=O)(=O)c4ccc(C)cc4)cc23)c1. The summed E-state index contributed by atoms with van der Waals surface area (Å²) in [4.78, 5) is 8.77. The predicted molar refractivity (Wildman–Crippen MR) is 119 cm³/mol. The highest BCUT2D eigenvalue weighted by molar-refractivity contribution is 7.92. The number of anilines is 3. The summed E-state index contributed by atoms with van der Waals surface area (Å²) in [6.45, 7) is 1.90. The summed E-state index contributed by atoms with van der Waals surface area (Å²) in [5.41, 5.74) is 3.60. The molecule has 4 aromatic rings. The number of benzene rings is 3. The van der Waals surface area contributed by atoms with Gasteiger partial charge in [0.25, 0.3) is 10.0 Å². The molecule has 30 heavy (non-hydrogen) atoms. The van der Waals surface area contributed by atoms with E-state index in [4.69, 9.17) is 6.42 Å². The maximum atomic E-state index is 12.7. The number of rotatable bonds is 5. The zero-order valence-corrected chi connectivity index (χ0v) is 16.9. The summed E-state index contributed by atoms with van der Waals surface area (Å²) >= 11 is 0. The van der Waals surface area contributed by atoms with E-state index in [2.05, 4.69) is 25.9 Å². The number of terminal acetylenes is 1. The first-order valence-electron chi connectivity index (χ1n) is 9.12. The molecule has 0 radical (unpaired) electrons. The van der Waals surface area contributed by atoms with E-state index in [1.54, 1.807) is 42.5 Å². The Bertz CT molecular complexity index is 1370. The highest BCUT2D eigenvalue weighted by atomic mass is 32.2. The van der Waals surface area contributed by atoms with Gasteiger partial charge in [0.1, 0.15) is 12.1 Å². The topological polar surface area (TPSA) is 84.0 Å². The van der Waals surface area contributed by atoms with Crippen molar-refractivity contribution in [1.29, 1.82) is 0 Å². The Balaban J connectivity index is 1.69. The van der Waals surface area contributed by atoms with Crippen molar-refractivity contribution in [2.24, 2.45) is 0 Å². The van der Waals surface area contributed by atoms with Gasteiger partial charge in [-0.25, -0.2) is 18.4 Å². The van der Waals surface area contributed by atoms with Crippen LogP contribution in [0.25, 0.3) is 10.9 Å². The van der Waals surface area contributed by atoms with Crippen LogP contribution in [0, 0.1) is 19.3 Å². The lowest BCUT2D eigenvalue weighted by Crippen LogP contribution is -2.13. The average Bonchev–Trinajstić information content (AvgIpc) is 2.74. The van der Waals surface area contributed by atoms with Gasteiger partial charge in [-0.05, 0) is 55.5 Å². The van der Waals surface area contributed by atoms with Crippen LogP contribution in [0.1, 0.15) is 11.1 Å². The lowest BCUT2D eigenvalue weighted by Gasteiger charge is -2.12. The molecule has 0 atom stereocenters. The first-order chi connectivity index (χ1) is 14.4. The van der Waals surface area contributed by atoms with Crippen LogP contribution in [0.5, 0.6) is 0 Å². The zero-order chi connectivity index (χ0) is 21.1. The first kappa shape index (κ1) is 19.4. The molecule has 0 bridgehead atoms. The van der Waals surface area contributed by atoms with Gasteiger partial charge in [0, 0.05) is 22.3 Å². The van der Waals surface area contributed by atoms with E-state index >= 15 is 0 Å². The van der Waals surface area contributed by atoms with Gasteiger partial charge < -0.3 is 5.32 Å². The molecule has 0 saturated carbocycles. The van der Waals surface area contributed by atoms with Crippen molar-refractivity contribution in [3.05, 3.63) is 84.2 Å². The van der Waals surface area contributed by atoms with Crippen molar-refractivity contribution in [3.63, 3.8) is 0 Å². The van der Waals surface area contributed by atoms with Crippen molar-refractivity contribution in [1.82, 2.24) is 9.97 Å². The molecule has 0 spiro atoms. The molecule has 0 aliphatic rings. The molecule has 0 aliphatic carbocycles. The van der Waals surface area contributed by atoms with E-state index in [1.165, 1.54) is 6.33 Å². The molecule has 6 nitrogen and oxygen atoms in total. The Labute approximate surface area is 175 Å². The third-order valence-corrected chi connectivity index (χ3v) is 5.91. The zero-order valence-electron chi connectivity index (χ0n) is 16.1. The smallest absolute Gasteiger partial charge is 0.261 e. The second kappa shape index (κ2) is 7.85. The van der Waals surface area contributed by atoms with Gasteiger partial charge in [-0.1, -0.05) is 29.7 Å². The standard InChI is InChI=1S/C23H18N4O2S/c1-3-17-5-4-6-18(13-17)26-23-21-14-19(9-12-22(21)24-15-25-23)27-30(28,29)20-10-7-16(2)8-11-20/h1,4-15,27H,2H3,(H,24,25,26). The van der Waals surface area contributed by atoms with E-state index < -0.39 is 10.0 Å². The quantitative estimate of drug-likeness (QED) is 0.471. The van der Waals surface area contributed by atoms with E-state index in [-0.39, 0.29) is 4.90 Å². The molecule has 0 saturated heterocycles. The van der Waals surface area contributed by atoms with Gasteiger partial charge in [-0.15, -0.1) is 6.42 Å². The van der Waals surface area contributed by atoms with Crippen LogP contribution in [-0.2, 0) is 10.0 Å². The molecular weight excluding hydrogens is 396 g/mol. The van der Waals surface area contributed by atoms with Gasteiger partial charge in [0.2, 0.25) is 0 Å². The van der Waals surface area contributed by atoms with Crippen molar-refractivity contribution < 1.29 is 8.42 Å². The van der Waals surface area contributed by atoms with Crippen LogP contribution in [0.15, 0.2) is 78.0 Å². The molecule has 1 aromatic heterocycles. The molecule has 0 unspecified atom stereocenters. The second-order valence-electron chi connectivity index (χ2n) is 6.72. The Hall–Kier alpha value is -3.89. The number of hydrogen-bond donors (Lipinski definition) is 2. The monoisotopic (exact) mass is 414 g/mol. The van der Waals surface area contributed by atoms with Crippen molar-refractivity contribution in [3.8, 4) is 12.3 Å². The highest BCUT2D eigenvalue weighted by Crippen LogP contribution is 2.27. The molecule has 148 valence electrons. The highest BCUT2D eigenvalue weighted by Gasteiger charge is 2.15. The Morgan fingerprint density at radius 2 is 1.73 bits per heavy atom. The summed E-state index contributed by atoms with van der Waals surface area (Å²) in [5.74, 6) is 3.14.